The Balaban J connectivity index is 2.25. The number of benzene rings is 1. The van der Waals surface area contributed by atoms with E-state index in [-0.39, 0.29) is 0 Å². The van der Waals surface area contributed by atoms with E-state index in [1.807, 2.05) is 11.8 Å². The Morgan fingerprint density at radius 2 is 1.39 bits per heavy atom. The molecule has 1 aromatic carbocycles. The maximum absolute atomic E-state index is 2.41. The number of aryl methyl sites for hydroxylation is 1. The second-order valence-electron chi connectivity index (χ2n) is 6.58. The summed E-state index contributed by atoms with van der Waals surface area (Å²) >= 11 is 1.91. The lowest BCUT2D eigenvalue weighted by Crippen LogP contribution is -1.82. The van der Waals surface area contributed by atoms with Gasteiger partial charge in [0.05, 0.1) is 0 Å². The Morgan fingerprint density at radius 1 is 0.826 bits per heavy atom. The van der Waals surface area contributed by atoms with Gasteiger partial charge in [-0.2, -0.15) is 0 Å². The highest BCUT2D eigenvalue weighted by Gasteiger charge is 1.94. The maximum atomic E-state index is 2.41. The average Bonchev–Trinajstić information content (AvgIpc) is 2.49. The van der Waals surface area contributed by atoms with Crippen molar-refractivity contribution in [1.82, 2.24) is 0 Å². The van der Waals surface area contributed by atoms with Gasteiger partial charge in [-0.1, -0.05) is 52.6 Å². The van der Waals surface area contributed by atoms with Gasteiger partial charge >= 0.3 is 0 Å². The molecule has 0 fully saturated rings. The molecule has 1 rings (SSSR count). The monoisotopic (exact) mass is 328 g/mol. The van der Waals surface area contributed by atoms with E-state index in [1.165, 1.54) is 46.4 Å². The Morgan fingerprint density at radius 3 is 2.00 bits per heavy atom. The van der Waals surface area contributed by atoms with E-state index in [9.17, 15) is 0 Å². The van der Waals surface area contributed by atoms with Crippen molar-refractivity contribution in [3.63, 3.8) is 0 Å². The van der Waals surface area contributed by atoms with Crippen LogP contribution in [0.1, 0.15) is 58.9 Å². The molecule has 23 heavy (non-hydrogen) atoms. The van der Waals surface area contributed by atoms with Gasteiger partial charge in [0.2, 0.25) is 0 Å². The topological polar surface area (TPSA) is 0 Å². The Hall–Kier alpha value is -1.21. The van der Waals surface area contributed by atoms with Crippen LogP contribution in [0.2, 0.25) is 0 Å². The minimum Gasteiger partial charge on any atom is -0.122 e. The third-order valence-electron chi connectivity index (χ3n) is 3.83. The van der Waals surface area contributed by atoms with Gasteiger partial charge in [0.25, 0.3) is 0 Å². The van der Waals surface area contributed by atoms with Gasteiger partial charge < -0.3 is 0 Å². The van der Waals surface area contributed by atoms with Gasteiger partial charge in [-0.25, -0.2) is 0 Å². The molecule has 0 spiro atoms. The normalized spacial score (nSPS) is 12.4. The summed E-state index contributed by atoms with van der Waals surface area (Å²) < 4.78 is 0. The van der Waals surface area contributed by atoms with Crippen molar-refractivity contribution < 1.29 is 0 Å². The van der Waals surface area contributed by atoms with Crippen LogP contribution in [0.4, 0.5) is 0 Å². The molecule has 0 saturated carbocycles. The predicted molar refractivity (Wildman–Crippen MR) is 107 cm³/mol. The van der Waals surface area contributed by atoms with Crippen LogP contribution < -0.4 is 0 Å². The van der Waals surface area contributed by atoms with Gasteiger partial charge in [0.1, 0.15) is 0 Å². The van der Waals surface area contributed by atoms with Crippen LogP contribution in [0, 0.1) is 6.92 Å². The zero-order valence-electron chi connectivity index (χ0n) is 15.5. The minimum atomic E-state index is 1.07. The van der Waals surface area contributed by atoms with Crippen molar-refractivity contribution >= 4 is 11.8 Å². The zero-order chi connectivity index (χ0) is 17.1. The SMILES string of the molecule is CC(C)=CCC/C(C)=C/CC/C(C)=C/CSc1ccc(C)cc1. The molecule has 0 amide bonds. The predicted octanol–water partition coefficient (Wildman–Crippen LogP) is 7.51. The fourth-order valence-corrected chi connectivity index (χ4v) is 3.14. The number of hydrogen-bond donors (Lipinski definition) is 0. The molecular weight excluding hydrogens is 296 g/mol. The lowest BCUT2D eigenvalue weighted by Gasteiger charge is -2.02. The summed E-state index contributed by atoms with van der Waals surface area (Å²) in [6, 6.07) is 8.78. The third-order valence-corrected chi connectivity index (χ3v) is 4.76. The van der Waals surface area contributed by atoms with Crippen LogP contribution in [-0.2, 0) is 0 Å². The molecule has 0 saturated heterocycles. The molecule has 0 aliphatic rings. The summed E-state index contributed by atoms with van der Waals surface area (Å²) in [6.07, 6.45) is 11.8. The molecule has 0 radical (unpaired) electrons. The smallest absolute Gasteiger partial charge is 0.0163 e. The van der Waals surface area contributed by atoms with E-state index in [0.29, 0.717) is 0 Å². The molecule has 0 bridgehead atoms. The lowest BCUT2D eigenvalue weighted by atomic mass is 10.1. The highest BCUT2D eigenvalue weighted by atomic mass is 32.2. The maximum Gasteiger partial charge on any atom is 0.0163 e. The molecule has 1 heteroatoms. The molecule has 0 heterocycles. The molecule has 0 aromatic heterocycles. The van der Waals surface area contributed by atoms with Crippen LogP contribution in [0.5, 0.6) is 0 Å². The molecule has 0 N–H and O–H groups in total. The first-order valence-electron chi connectivity index (χ1n) is 8.61. The minimum absolute atomic E-state index is 1.07. The van der Waals surface area contributed by atoms with Crippen molar-refractivity contribution in [1.29, 1.82) is 0 Å². The highest BCUT2D eigenvalue weighted by molar-refractivity contribution is 7.99. The van der Waals surface area contributed by atoms with Crippen LogP contribution >= 0.6 is 11.8 Å². The van der Waals surface area contributed by atoms with E-state index >= 15 is 0 Å². The van der Waals surface area contributed by atoms with Crippen molar-refractivity contribution in [3.05, 3.63) is 64.8 Å². The molecular formula is C22H32S. The second-order valence-corrected chi connectivity index (χ2v) is 7.68. The van der Waals surface area contributed by atoms with Crippen molar-refractivity contribution in [3.8, 4) is 0 Å². The summed E-state index contributed by atoms with van der Waals surface area (Å²) in [5.41, 5.74) is 5.76. The number of thioether (sulfide) groups is 1. The van der Waals surface area contributed by atoms with Gasteiger partial charge in [-0.05, 0) is 72.4 Å². The number of allylic oxidation sites excluding steroid dienone is 5. The van der Waals surface area contributed by atoms with Gasteiger partial charge in [0, 0.05) is 10.6 Å². The van der Waals surface area contributed by atoms with Crippen molar-refractivity contribution in [2.75, 3.05) is 5.75 Å². The Labute approximate surface area is 147 Å². The molecule has 0 aliphatic heterocycles. The summed E-state index contributed by atoms with van der Waals surface area (Å²) in [4.78, 5) is 1.36. The Kier molecular flexibility index (Phi) is 9.78. The van der Waals surface area contributed by atoms with E-state index < -0.39 is 0 Å². The van der Waals surface area contributed by atoms with Crippen LogP contribution in [0.3, 0.4) is 0 Å². The van der Waals surface area contributed by atoms with Crippen molar-refractivity contribution in [2.45, 2.75) is 65.2 Å². The van der Waals surface area contributed by atoms with E-state index in [1.54, 1.807) is 0 Å². The fraction of sp³-hybridized carbons (Fsp3) is 0.455. The molecule has 0 nitrogen and oxygen atoms in total. The van der Waals surface area contributed by atoms with Crippen molar-refractivity contribution in [2.24, 2.45) is 0 Å². The Bertz CT molecular complexity index is 540. The number of rotatable bonds is 9. The summed E-state index contributed by atoms with van der Waals surface area (Å²) in [6.45, 7) is 11.0. The van der Waals surface area contributed by atoms with Crippen LogP contribution in [0.15, 0.2) is 64.1 Å². The molecule has 0 unspecified atom stereocenters. The van der Waals surface area contributed by atoms with E-state index in [0.717, 1.165) is 12.2 Å². The van der Waals surface area contributed by atoms with Crippen LogP contribution in [-0.4, -0.2) is 5.75 Å². The van der Waals surface area contributed by atoms with E-state index in [2.05, 4.69) is 77.1 Å². The lowest BCUT2D eigenvalue weighted by molar-refractivity contribution is 0.917. The summed E-state index contributed by atoms with van der Waals surface area (Å²) in [5.74, 6) is 1.07. The second kappa shape index (κ2) is 11.3. The molecule has 1 aromatic rings. The van der Waals surface area contributed by atoms with Gasteiger partial charge in [-0.15, -0.1) is 11.8 Å². The van der Waals surface area contributed by atoms with Gasteiger partial charge in [0.15, 0.2) is 0 Å². The molecule has 126 valence electrons. The number of hydrogen-bond acceptors (Lipinski definition) is 1. The quantitative estimate of drug-likeness (QED) is 0.334. The fourth-order valence-electron chi connectivity index (χ4n) is 2.25. The molecule has 0 aliphatic carbocycles. The average molecular weight is 329 g/mol. The summed E-state index contributed by atoms with van der Waals surface area (Å²) in [7, 11) is 0. The third kappa shape index (κ3) is 10.2. The highest BCUT2D eigenvalue weighted by Crippen LogP contribution is 2.19. The standard InChI is InChI=1S/C22H32S/c1-18(2)8-6-9-19(3)10-7-11-20(4)16-17-23-22-14-12-21(5)13-15-22/h8,10,12-16H,6-7,9,11,17H2,1-5H3/b19-10+,20-16+. The first-order valence-corrected chi connectivity index (χ1v) is 9.60. The van der Waals surface area contributed by atoms with Crippen LogP contribution in [0.25, 0.3) is 0 Å². The van der Waals surface area contributed by atoms with E-state index in [4.69, 9.17) is 0 Å². The van der Waals surface area contributed by atoms with Gasteiger partial charge in [-0.3, -0.25) is 0 Å². The zero-order valence-corrected chi connectivity index (χ0v) is 16.3. The first kappa shape index (κ1) is 19.8. The molecule has 0 atom stereocenters. The largest absolute Gasteiger partial charge is 0.122 e. The summed E-state index contributed by atoms with van der Waals surface area (Å²) in [5, 5.41) is 0. The first-order chi connectivity index (χ1) is 11.0.